The van der Waals surface area contributed by atoms with Gasteiger partial charge in [0.2, 0.25) is 0 Å². The van der Waals surface area contributed by atoms with E-state index in [4.69, 9.17) is 0 Å². The van der Waals surface area contributed by atoms with E-state index >= 15 is 0 Å². The third kappa shape index (κ3) is 4.20. The van der Waals surface area contributed by atoms with Gasteiger partial charge in [-0.3, -0.25) is 4.79 Å². The highest BCUT2D eigenvalue weighted by atomic mass is 19.4. The Balaban J connectivity index is 2.02. The molecule has 1 saturated heterocycles. The molecule has 1 amide bonds. The first-order valence-corrected chi connectivity index (χ1v) is 7.20. The van der Waals surface area contributed by atoms with Crippen LogP contribution in [0.5, 0.6) is 0 Å². The minimum absolute atomic E-state index is 0.193. The molecule has 21 heavy (non-hydrogen) atoms. The number of quaternary nitrogens is 1. The van der Waals surface area contributed by atoms with E-state index in [1.165, 1.54) is 23.5 Å². The van der Waals surface area contributed by atoms with Gasteiger partial charge in [-0.15, -0.1) is 0 Å². The first-order valence-electron chi connectivity index (χ1n) is 7.20. The second-order valence-electron chi connectivity index (χ2n) is 5.51. The highest BCUT2D eigenvalue weighted by Gasteiger charge is 2.31. The summed E-state index contributed by atoms with van der Waals surface area (Å²) in [5.41, 5.74) is -0.559. The smallest absolute Gasteiger partial charge is 0.325 e. The van der Waals surface area contributed by atoms with Gasteiger partial charge < -0.3 is 10.2 Å². The summed E-state index contributed by atoms with van der Waals surface area (Å²) in [7, 11) is 0. The number of halogens is 3. The van der Waals surface area contributed by atoms with Gasteiger partial charge in [0.25, 0.3) is 5.91 Å². The van der Waals surface area contributed by atoms with Gasteiger partial charge in [-0.1, -0.05) is 6.07 Å². The molecule has 116 valence electrons. The number of anilines is 1. The molecule has 1 aliphatic heterocycles. The predicted molar refractivity (Wildman–Crippen MR) is 74.1 cm³/mol. The molecule has 0 unspecified atom stereocenters. The SMILES string of the molecule is C[C@H](C(=O)Nc1cccc(C(F)(F)F)c1)[NH+]1CCCCC1. The van der Waals surface area contributed by atoms with E-state index in [9.17, 15) is 18.0 Å². The molecule has 6 heteroatoms. The van der Waals surface area contributed by atoms with Crippen molar-refractivity contribution in [1.29, 1.82) is 0 Å². The summed E-state index contributed by atoms with van der Waals surface area (Å²) in [6.07, 6.45) is -1.02. The van der Waals surface area contributed by atoms with Crippen molar-refractivity contribution in [3.05, 3.63) is 29.8 Å². The summed E-state index contributed by atoms with van der Waals surface area (Å²) in [6, 6.07) is 4.49. The molecule has 0 aromatic heterocycles. The summed E-state index contributed by atoms with van der Waals surface area (Å²) < 4.78 is 37.9. The van der Waals surface area contributed by atoms with E-state index in [-0.39, 0.29) is 17.6 Å². The fraction of sp³-hybridized carbons (Fsp3) is 0.533. The number of benzene rings is 1. The average molecular weight is 301 g/mol. The quantitative estimate of drug-likeness (QED) is 0.881. The maximum Gasteiger partial charge on any atom is 0.416 e. The Kier molecular flexibility index (Phi) is 4.88. The zero-order chi connectivity index (χ0) is 15.5. The summed E-state index contributed by atoms with van der Waals surface area (Å²) in [5.74, 6) is -0.230. The van der Waals surface area contributed by atoms with Crippen LogP contribution in [-0.4, -0.2) is 25.0 Å². The molecule has 0 radical (unpaired) electrons. The highest BCUT2D eigenvalue weighted by Crippen LogP contribution is 2.30. The molecule has 2 N–H and O–H groups in total. The zero-order valence-corrected chi connectivity index (χ0v) is 12.0. The largest absolute Gasteiger partial charge is 0.416 e. The van der Waals surface area contributed by atoms with Crippen molar-refractivity contribution in [2.75, 3.05) is 18.4 Å². The second-order valence-corrected chi connectivity index (χ2v) is 5.51. The highest BCUT2D eigenvalue weighted by molar-refractivity contribution is 5.93. The maximum atomic E-state index is 12.6. The Hall–Kier alpha value is -1.56. The molecule has 0 saturated carbocycles. The Morgan fingerprint density at radius 2 is 1.90 bits per heavy atom. The summed E-state index contributed by atoms with van der Waals surface area (Å²) in [6.45, 7) is 3.71. The first kappa shape index (κ1) is 15.8. The van der Waals surface area contributed by atoms with Crippen molar-refractivity contribution in [3.63, 3.8) is 0 Å². The van der Waals surface area contributed by atoms with Crippen LogP contribution in [0.1, 0.15) is 31.7 Å². The minimum atomic E-state index is -4.40. The second kappa shape index (κ2) is 6.47. The van der Waals surface area contributed by atoms with Gasteiger partial charge in [0.1, 0.15) is 0 Å². The lowest BCUT2D eigenvalue weighted by molar-refractivity contribution is -0.918. The fourth-order valence-electron chi connectivity index (χ4n) is 2.65. The zero-order valence-electron chi connectivity index (χ0n) is 12.0. The Morgan fingerprint density at radius 3 is 2.52 bits per heavy atom. The van der Waals surface area contributed by atoms with Crippen LogP contribution in [0.15, 0.2) is 24.3 Å². The van der Waals surface area contributed by atoms with Crippen LogP contribution in [0.2, 0.25) is 0 Å². The van der Waals surface area contributed by atoms with Gasteiger partial charge in [0, 0.05) is 5.69 Å². The number of piperidine rings is 1. The fourth-order valence-corrected chi connectivity index (χ4v) is 2.65. The van der Waals surface area contributed by atoms with E-state index in [0.717, 1.165) is 38.1 Å². The van der Waals surface area contributed by atoms with E-state index in [1.807, 2.05) is 6.92 Å². The number of rotatable bonds is 3. The molecular formula is C15H20F3N2O+. The molecule has 0 bridgehead atoms. The number of hydrogen-bond acceptors (Lipinski definition) is 1. The molecule has 1 aromatic carbocycles. The molecule has 1 atom stereocenters. The number of nitrogens with one attached hydrogen (secondary N) is 2. The van der Waals surface area contributed by atoms with Crippen LogP contribution in [0.4, 0.5) is 18.9 Å². The lowest BCUT2D eigenvalue weighted by Crippen LogP contribution is -3.17. The lowest BCUT2D eigenvalue weighted by Gasteiger charge is -2.28. The van der Waals surface area contributed by atoms with Crippen LogP contribution in [0, 0.1) is 0 Å². The average Bonchev–Trinajstić information content (AvgIpc) is 2.47. The molecule has 2 rings (SSSR count). The number of amides is 1. The van der Waals surface area contributed by atoms with Gasteiger partial charge in [0.15, 0.2) is 6.04 Å². The predicted octanol–water partition coefficient (Wildman–Crippen LogP) is 2.10. The summed E-state index contributed by atoms with van der Waals surface area (Å²) in [4.78, 5) is 13.4. The van der Waals surface area contributed by atoms with Crippen molar-refractivity contribution in [1.82, 2.24) is 0 Å². The Morgan fingerprint density at radius 1 is 1.24 bits per heavy atom. The first-order chi connectivity index (χ1) is 9.88. The molecule has 1 aromatic rings. The number of hydrogen-bond donors (Lipinski definition) is 2. The van der Waals surface area contributed by atoms with Gasteiger partial charge in [-0.05, 0) is 44.4 Å². The van der Waals surface area contributed by atoms with Crippen LogP contribution in [0.3, 0.4) is 0 Å². The van der Waals surface area contributed by atoms with Crippen molar-refractivity contribution >= 4 is 11.6 Å². The third-order valence-corrected chi connectivity index (χ3v) is 3.96. The van der Waals surface area contributed by atoms with Crippen LogP contribution >= 0.6 is 0 Å². The van der Waals surface area contributed by atoms with E-state index in [1.54, 1.807) is 0 Å². The Labute approximate surface area is 122 Å². The number of carbonyl (C=O) groups is 1. The van der Waals surface area contributed by atoms with Crippen LogP contribution in [-0.2, 0) is 11.0 Å². The summed E-state index contributed by atoms with van der Waals surface area (Å²) in [5, 5.41) is 2.59. The topological polar surface area (TPSA) is 33.5 Å². The van der Waals surface area contributed by atoms with Gasteiger partial charge in [-0.2, -0.15) is 13.2 Å². The molecule has 1 fully saturated rings. The Bertz CT molecular complexity index is 496. The third-order valence-electron chi connectivity index (χ3n) is 3.96. The number of carbonyl (C=O) groups excluding carboxylic acids is 1. The van der Waals surface area contributed by atoms with Crippen molar-refractivity contribution in [2.24, 2.45) is 0 Å². The van der Waals surface area contributed by atoms with Gasteiger partial charge in [-0.25, -0.2) is 0 Å². The van der Waals surface area contributed by atoms with E-state index < -0.39 is 11.7 Å². The molecule has 1 heterocycles. The maximum absolute atomic E-state index is 12.6. The molecule has 3 nitrogen and oxygen atoms in total. The molecular weight excluding hydrogens is 281 g/mol. The van der Waals surface area contributed by atoms with E-state index in [2.05, 4.69) is 5.32 Å². The molecule has 0 spiro atoms. The summed E-state index contributed by atoms with van der Waals surface area (Å²) >= 11 is 0. The number of likely N-dealkylation sites (tertiary alicyclic amines) is 1. The van der Waals surface area contributed by atoms with E-state index in [0.29, 0.717) is 0 Å². The van der Waals surface area contributed by atoms with Crippen LogP contribution in [0.25, 0.3) is 0 Å². The standard InChI is InChI=1S/C15H19F3N2O/c1-11(20-8-3-2-4-9-20)14(21)19-13-7-5-6-12(10-13)15(16,17)18/h5-7,10-11H,2-4,8-9H2,1H3,(H,19,21)/p+1/t11-/m1/s1. The van der Waals surface area contributed by atoms with Crippen LogP contribution < -0.4 is 10.2 Å². The minimum Gasteiger partial charge on any atom is -0.325 e. The lowest BCUT2D eigenvalue weighted by atomic mass is 10.1. The number of alkyl halides is 3. The monoisotopic (exact) mass is 301 g/mol. The molecule has 0 aliphatic carbocycles. The van der Waals surface area contributed by atoms with Gasteiger partial charge in [0.05, 0.1) is 18.7 Å². The van der Waals surface area contributed by atoms with Crippen molar-refractivity contribution in [2.45, 2.75) is 38.4 Å². The normalized spacial score (nSPS) is 18.3. The van der Waals surface area contributed by atoms with Crippen molar-refractivity contribution < 1.29 is 22.9 Å². The molecule has 1 aliphatic rings. The van der Waals surface area contributed by atoms with Crippen molar-refractivity contribution in [3.8, 4) is 0 Å². The van der Waals surface area contributed by atoms with Gasteiger partial charge >= 0.3 is 6.18 Å².